The summed E-state index contributed by atoms with van der Waals surface area (Å²) in [6.45, 7) is 0.892. The monoisotopic (exact) mass is 253 g/mol. The summed E-state index contributed by atoms with van der Waals surface area (Å²) in [5.74, 6) is 0.968. The molecule has 2 aliphatic carbocycles. The van der Waals surface area contributed by atoms with E-state index < -0.39 is 0 Å². The zero-order chi connectivity index (χ0) is 12.8. The summed E-state index contributed by atoms with van der Waals surface area (Å²) in [7, 11) is 0. The van der Waals surface area contributed by atoms with E-state index in [2.05, 4.69) is 5.32 Å². The normalized spacial score (nSPS) is 23.4. The lowest BCUT2D eigenvalue weighted by Crippen LogP contribution is -2.38. The molecular formula is C15H27NO2. The van der Waals surface area contributed by atoms with Crippen molar-refractivity contribution in [2.45, 2.75) is 64.2 Å². The van der Waals surface area contributed by atoms with Gasteiger partial charge < -0.3 is 10.4 Å². The molecule has 0 aromatic rings. The van der Waals surface area contributed by atoms with Crippen molar-refractivity contribution in [3.8, 4) is 0 Å². The standard InChI is InChI=1S/C15H27NO2/c17-12-15(9-3-4-10-15)11-16-14(18)8-7-13-5-1-2-6-13/h13,17H,1-12H2,(H,16,18). The van der Waals surface area contributed by atoms with Crippen molar-refractivity contribution < 1.29 is 9.90 Å². The maximum Gasteiger partial charge on any atom is 0.220 e. The zero-order valence-corrected chi connectivity index (χ0v) is 11.4. The Kier molecular flexibility index (Phi) is 5.04. The van der Waals surface area contributed by atoms with Crippen LogP contribution in [0, 0.1) is 11.3 Å². The van der Waals surface area contributed by atoms with E-state index in [4.69, 9.17) is 0 Å². The molecule has 0 radical (unpaired) electrons. The van der Waals surface area contributed by atoms with Crippen LogP contribution in [0.4, 0.5) is 0 Å². The third kappa shape index (κ3) is 3.71. The number of rotatable bonds is 6. The second-order valence-corrected chi connectivity index (χ2v) is 6.33. The third-order valence-electron chi connectivity index (χ3n) is 4.91. The third-order valence-corrected chi connectivity index (χ3v) is 4.91. The molecule has 0 aromatic heterocycles. The summed E-state index contributed by atoms with van der Waals surface area (Å²) in [6, 6.07) is 0. The highest BCUT2D eigenvalue weighted by Gasteiger charge is 2.33. The van der Waals surface area contributed by atoms with Crippen LogP contribution in [0.5, 0.6) is 0 Å². The van der Waals surface area contributed by atoms with Crippen molar-refractivity contribution in [1.82, 2.24) is 5.32 Å². The number of carbonyl (C=O) groups is 1. The first-order valence-electron chi connectivity index (χ1n) is 7.62. The van der Waals surface area contributed by atoms with E-state index in [1.54, 1.807) is 0 Å². The topological polar surface area (TPSA) is 49.3 Å². The number of nitrogens with one attached hydrogen (secondary N) is 1. The Morgan fingerprint density at radius 1 is 1.17 bits per heavy atom. The van der Waals surface area contributed by atoms with Gasteiger partial charge >= 0.3 is 0 Å². The smallest absolute Gasteiger partial charge is 0.220 e. The van der Waals surface area contributed by atoms with Gasteiger partial charge in [0.2, 0.25) is 5.91 Å². The Bertz CT molecular complexity index is 266. The fourth-order valence-corrected chi connectivity index (χ4v) is 3.52. The molecule has 104 valence electrons. The molecule has 0 aromatic carbocycles. The summed E-state index contributed by atoms with van der Waals surface area (Å²) in [5, 5.41) is 12.5. The SMILES string of the molecule is O=C(CCC1CCCC1)NCC1(CO)CCCC1. The molecule has 2 saturated carbocycles. The van der Waals surface area contributed by atoms with Gasteiger partial charge in [0, 0.05) is 18.4 Å². The Labute approximate surface area is 110 Å². The summed E-state index contributed by atoms with van der Waals surface area (Å²) >= 11 is 0. The van der Waals surface area contributed by atoms with E-state index in [1.165, 1.54) is 38.5 Å². The van der Waals surface area contributed by atoms with Crippen LogP contribution in [0.2, 0.25) is 0 Å². The van der Waals surface area contributed by atoms with E-state index in [1.807, 2.05) is 0 Å². The van der Waals surface area contributed by atoms with E-state index >= 15 is 0 Å². The molecule has 0 saturated heterocycles. The van der Waals surface area contributed by atoms with Crippen LogP contribution in [-0.2, 0) is 4.79 Å². The molecule has 3 nitrogen and oxygen atoms in total. The fourth-order valence-electron chi connectivity index (χ4n) is 3.52. The summed E-state index contributed by atoms with van der Waals surface area (Å²) in [6.07, 6.45) is 11.6. The number of carbonyl (C=O) groups excluding carboxylic acids is 1. The largest absolute Gasteiger partial charge is 0.396 e. The molecule has 2 fully saturated rings. The average Bonchev–Trinajstić information content (AvgIpc) is 3.06. The lowest BCUT2D eigenvalue weighted by atomic mass is 9.87. The molecule has 0 spiro atoms. The molecule has 2 aliphatic rings. The van der Waals surface area contributed by atoms with Gasteiger partial charge in [0.25, 0.3) is 0 Å². The highest BCUT2D eigenvalue weighted by molar-refractivity contribution is 5.75. The first-order valence-corrected chi connectivity index (χ1v) is 7.62. The predicted molar refractivity (Wildman–Crippen MR) is 72.2 cm³/mol. The van der Waals surface area contributed by atoms with Gasteiger partial charge in [-0.2, -0.15) is 0 Å². The van der Waals surface area contributed by atoms with Crippen LogP contribution in [-0.4, -0.2) is 24.2 Å². The molecule has 0 unspecified atom stereocenters. The minimum Gasteiger partial charge on any atom is -0.396 e. The van der Waals surface area contributed by atoms with Gasteiger partial charge in [0.05, 0.1) is 6.61 Å². The first-order chi connectivity index (χ1) is 8.74. The van der Waals surface area contributed by atoms with Crippen molar-refractivity contribution in [3.05, 3.63) is 0 Å². The van der Waals surface area contributed by atoms with E-state index in [0.717, 1.165) is 25.2 Å². The number of aliphatic hydroxyl groups is 1. The molecule has 18 heavy (non-hydrogen) atoms. The van der Waals surface area contributed by atoms with Crippen LogP contribution in [0.15, 0.2) is 0 Å². The number of hydrogen-bond acceptors (Lipinski definition) is 2. The van der Waals surface area contributed by atoms with Crippen LogP contribution in [0.3, 0.4) is 0 Å². The van der Waals surface area contributed by atoms with Crippen LogP contribution < -0.4 is 5.32 Å². The molecular weight excluding hydrogens is 226 g/mol. The van der Waals surface area contributed by atoms with E-state index in [-0.39, 0.29) is 17.9 Å². The van der Waals surface area contributed by atoms with Gasteiger partial charge in [-0.1, -0.05) is 38.5 Å². The van der Waals surface area contributed by atoms with Crippen LogP contribution >= 0.6 is 0 Å². The second-order valence-electron chi connectivity index (χ2n) is 6.33. The van der Waals surface area contributed by atoms with Gasteiger partial charge in [-0.25, -0.2) is 0 Å². The minimum absolute atomic E-state index is 0.0109. The lowest BCUT2D eigenvalue weighted by molar-refractivity contribution is -0.122. The minimum atomic E-state index is -0.0109. The van der Waals surface area contributed by atoms with Gasteiger partial charge in [-0.3, -0.25) is 4.79 Å². The molecule has 2 rings (SSSR count). The van der Waals surface area contributed by atoms with Crippen molar-refractivity contribution in [2.24, 2.45) is 11.3 Å². The molecule has 1 amide bonds. The molecule has 0 aliphatic heterocycles. The Hall–Kier alpha value is -0.570. The molecule has 0 bridgehead atoms. The highest BCUT2D eigenvalue weighted by atomic mass is 16.3. The number of hydrogen-bond donors (Lipinski definition) is 2. The Morgan fingerprint density at radius 3 is 2.44 bits per heavy atom. The summed E-state index contributed by atoms with van der Waals surface area (Å²) in [5.41, 5.74) is -0.0109. The quantitative estimate of drug-likeness (QED) is 0.764. The molecule has 3 heteroatoms. The van der Waals surface area contributed by atoms with Crippen molar-refractivity contribution >= 4 is 5.91 Å². The van der Waals surface area contributed by atoms with Crippen LogP contribution in [0.25, 0.3) is 0 Å². The van der Waals surface area contributed by atoms with Crippen molar-refractivity contribution in [3.63, 3.8) is 0 Å². The Balaban J connectivity index is 1.64. The fraction of sp³-hybridized carbons (Fsp3) is 0.933. The van der Waals surface area contributed by atoms with E-state index in [9.17, 15) is 9.90 Å². The Morgan fingerprint density at radius 2 is 1.83 bits per heavy atom. The number of amides is 1. The molecule has 2 N–H and O–H groups in total. The second kappa shape index (κ2) is 6.55. The predicted octanol–water partition coefficient (Wildman–Crippen LogP) is 2.63. The van der Waals surface area contributed by atoms with E-state index in [0.29, 0.717) is 13.0 Å². The number of aliphatic hydroxyl groups excluding tert-OH is 1. The summed E-state index contributed by atoms with van der Waals surface area (Å²) < 4.78 is 0. The van der Waals surface area contributed by atoms with Gasteiger partial charge in [0.1, 0.15) is 0 Å². The molecule has 0 heterocycles. The van der Waals surface area contributed by atoms with Gasteiger partial charge in [0.15, 0.2) is 0 Å². The summed E-state index contributed by atoms with van der Waals surface area (Å²) in [4.78, 5) is 11.8. The first kappa shape index (κ1) is 13.9. The maximum absolute atomic E-state index is 11.8. The van der Waals surface area contributed by atoms with Gasteiger partial charge in [-0.15, -0.1) is 0 Å². The van der Waals surface area contributed by atoms with Crippen LogP contribution in [0.1, 0.15) is 64.2 Å². The van der Waals surface area contributed by atoms with Crippen molar-refractivity contribution in [2.75, 3.05) is 13.2 Å². The lowest BCUT2D eigenvalue weighted by Gasteiger charge is -2.26. The zero-order valence-electron chi connectivity index (χ0n) is 11.4. The van der Waals surface area contributed by atoms with Crippen molar-refractivity contribution in [1.29, 1.82) is 0 Å². The average molecular weight is 253 g/mol. The highest BCUT2D eigenvalue weighted by Crippen LogP contribution is 2.37. The maximum atomic E-state index is 11.8. The molecule has 0 atom stereocenters. The van der Waals surface area contributed by atoms with Gasteiger partial charge in [-0.05, 0) is 25.2 Å².